The van der Waals surface area contributed by atoms with Crippen LogP contribution in [0.3, 0.4) is 0 Å². The normalized spacial score (nSPS) is 32.1. The molecule has 8 heteroatoms. The zero-order valence-corrected chi connectivity index (χ0v) is 20.4. The Morgan fingerprint density at radius 3 is 2.21 bits per heavy atom. The van der Waals surface area contributed by atoms with Crippen molar-refractivity contribution < 1.29 is 37.0 Å². The van der Waals surface area contributed by atoms with Crippen LogP contribution >= 0.6 is 0 Å². The number of hydrogen-bond acceptors (Lipinski definition) is 5. The number of alkyl halides is 3. The molecule has 2 aliphatic carbocycles. The molecular formula is C26H35F3O5. The van der Waals surface area contributed by atoms with Gasteiger partial charge in [-0.1, -0.05) is 57.5 Å². The minimum atomic E-state index is -5.00. The first-order chi connectivity index (χ1) is 16.0. The van der Waals surface area contributed by atoms with E-state index in [2.05, 4.69) is 6.92 Å². The number of carbonyl (C=O) groups is 2. The van der Waals surface area contributed by atoms with Gasteiger partial charge in [-0.15, -0.1) is 0 Å². The number of ether oxygens (including phenoxy) is 3. The van der Waals surface area contributed by atoms with E-state index in [9.17, 15) is 22.8 Å². The standard InChI is InChI=1S/C26H35F3O5/c1-15-11-12-18(17(3)23(30)32-4)14-20-16(2)13-21(22(15)20)34-24(31)25(33-5,26(27,28)29)19-9-7-6-8-10-19/h6-10,15-18,20-22H,11-14H2,1-5H3/t15-,16-,17+,18-,20-,21+,22-,25-/m0/s1. The van der Waals surface area contributed by atoms with Gasteiger partial charge in [-0.2, -0.15) is 13.2 Å². The fraction of sp³-hybridized carbons (Fsp3) is 0.692. The fourth-order valence-electron chi connectivity index (χ4n) is 6.23. The molecule has 0 radical (unpaired) electrons. The average Bonchev–Trinajstić information content (AvgIpc) is 2.98. The van der Waals surface area contributed by atoms with E-state index in [0.717, 1.165) is 26.4 Å². The molecule has 0 saturated heterocycles. The van der Waals surface area contributed by atoms with Crippen molar-refractivity contribution in [3.63, 3.8) is 0 Å². The van der Waals surface area contributed by atoms with Gasteiger partial charge in [0.25, 0.3) is 5.60 Å². The van der Waals surface area contributed by atoms with Gasteiger partial charge in [0.2, 0.25) is 0 Å². The van der Waals surface area contributed by atoms with E-state index in [4.69, 9.17) is 14.2 Å². The van der Waals surface area contributed by atoms with Crippen LogP contribution in [0.4, 0.5) is 13.2 Å². The molecule has 2 saturated carbocycles. The average molecular weight is 485 g/mol. The van der Waals surface area contributed by atoms with Crippen molar-refractivity contribution in [2.45, 2.75) is 64.3 Å². The summed E-state index contributed by atoms with van der Waals surface area (Å²) in [4.78, 5) is 25.4. The Balaban J connectivity index is 1.88. The maximum Gasteiger partial charge on any atom is 0.432 e. The second-order valence-electron chi connectivity index (χ2n) is 10.0. The van der Waals surface area contributed by atoms with Crippen LogP contribution in [-0.2, 0) is 29.4 Å². The molecular weight excluding hydrogens is 449 g/mol. The molecule has 190 valence electrons. The van der Waals surface area contributed by atoms with E-state index < -0.39 is 23.9 Å². The van der Waals surface area contributed by atoms with E-state index in [1.165, 1.54) is 31.4 Å². The van der Waals surface area contributed by atoms with Gasteiger partial charge in [-0.05, 0) is 42.9 Å². The number of benzene rings is 1. The Bertz CT molecular complexity index is 858. The van der Waals surface area contributed by atoms with Crippen molar-refractivity contribution in [1.29, 1.82) is 0 Å². The predicted octanol–water partition coefficient (Wildman–Crippen LogP) is 5.52. The molecule has 0 aromatic heterocycles. The quantitative estimate of drug-likeness (QED) is 0.498. The monoisotopic (exact) mass is 484 g/mol. The third-order valence-electron chi connectivity index (χ3n) is 8.20. The highest BCUT2D eigenvalue weighted by atomic mass is 19.4. The molecule has 0 N–H and O–H groups in total. The lowest BCUT2D eigenvalue weighted by Gasteiger charge is -2.35. The molecule has 2 aliphatic rings. The Labute approximate surface area is 199 Å². The molecule has 2 fully saturated rings. The summed E-state index contributed by atoms with van der Waals surface area (Å²) < 4.78 is 58.5. The summed E-state index contributed by atoms with van der Waals surface area (Å²) in [6, 6.07) is 6.90. The smallest absolute Gasteiger partial charge is 0.432 e. The summed E-state index contributed by atoms with van der Waals surface area (Å²) in [6.07, 6.45) is -2.77. The molecule has 34 heavy (non-hydrogen) atoms. The number of methoxy groups -OCH3 is 2. The van der Waals surface area contributed by atoms with Gasteiger partial charge >= 0.3 is 18.1 Å². The van der Waals surface area contributed by atoms with Crippen molar-refractivity contribution in [2.75, 3.05) is 14.2 Å². The third kappa shape index (κ3) is 4.70. The van der Waals surface area contributed by atoms with Crippen molar-refractivity contribution in [2.24, 2.45) is 35.5 Å². The number of carbonyl (C=O) groups excluding carboxylic acids is 2. The molecule has 5 nitrogen and oxygen atoms in total. The van der Waals surface area contributed by atoms with Gasteiger partial charge in [0, 0.05) is 18.6 Å². The summed E-state index contributed by atoms with van der Waals surface area (Å²) in [6.45, 7) is 5.98. The lowest BCUT2D eigenvalue weighted by atomic mass is 9.78. The van der Waals surface area contributed by atoms with Gasteiger partial charge in [-0.25, -0.2) is 4.79 Å². The van der Waals surface area contributed by atoms with Crippen molar-refractivity contribution in [1.82, 2.24) is 0 Å². The van der Waals surface area contributed by atoms with E-state index in [1.54, 1.807) is 6.07 Å². The molecule has 1 aromatic rings. The summed E-state index contributed by atoms with van der Waals surface area (Å²) >= 11 is 0. The van der Waals surface area contributed by atoms with Crippen molar-refractivity contribution >= 4 is 11.9 Å². The SMILES string of the molecule is COC(=O)[C@H](C)[C@H]1CC[C@H](C)[C@H]2[C@@H](C1)[C@@H](C)C[C@H]2OC(=O)[C@@](OC)(c1ccccc1)C(F)(F)F. The highest BCUT2D eigenvalue weighted by Crippen LogP contribution is 2.52. The van der Waals surface area contributed by atoms with Crippen LogP contribution in [0, 0.1) is 35.5 Å². The maximum absolute atomic E-state index is 14.3. The van der Waals surface area contributed by atoms with Crippen LogP contribution in [0.2, 0.25) is 0 Å². The minimum Gasteiger partial charge on any atom is -0.469 e. The first kappa shape index (κ1) is 26.5. The molecule has 1 aromatic carbocycles. The predicted molar refractivity (Wildman–Crippen MR) is 120 cm³/mol. The first-order valence-electron chi connectivity index (χ1n) is 11.9. The van der Waals surface area contributed by atoms with Crippen LogP contribution in [0.15, 0.2) is 30.3 Å². The van der Waals surface area contributed by atoms with E-state index in [1.807, 2.05) is 13.8 Å². The Morgan fingerprint density at radius 2 is 1.65 bits per heavy atom. The summed E-state index contributed by atoms with van der Waals surface area (Å²) in [5.41, 5.74) is -3.50. The van der Waals surface area contributed by atoms with Crippen LogP contribution in [0.25, 0.3) is 0 Å². The highest BCUT2D eigenvalue weighted by Gasteiger charge is 2.65. The van der Waals surface area contributed by atoms with Gasteiger partial charge in [-0.3, -0.25) is 4.79 Å². The van der Waals surface area contributed by atoms with E-state index in [0.29, 0.717) is 6.42 Å². The van der Waals surface area contributed by atoms with Gasteiger partial charge in [0.15, 0.2) is 0 Å². The Morgan fingerprint density at radius 1 is 1.00 bits per heavy atom. The zero-order valence-electron chi connectivity index (χ0n) is 20.4. The molecule has 0 amide bonds. The molecule has 0 bridgehead atoms. The number of esters is 2. The number of rotatable bonds is 6. The lowest BCUT2D eigenvalue weighted by molar-refractivity contribution is -0.279. The highest BCUT2D eigenvalue weighted by molar-refractivity contribution is 5.83. The number of halogens is 3. The van der Waals surface area contributed by atoms with E-state index in [-0.39, 0.29) is 47.0 Å². The van der Waals surface area contributed by atoms with Crippen molar-refractivity contribution in [3.8, 4) is 0 Å². The Hall–Kier alpha value is -2.09. The van der Waals surface area contributed by atoms with Crippen molar-refractivity contribution in [3.05, 3.63) is 35.9 Å². The third-order valence-corrected chi connectivity index (χ3v) is 8.20. The van der Waals surface area contributed by atoms with E-state index >= 15 is 0 Å². The molecule has 8 atom stereocenters. The van der Waals surface area contributed by atoms with Gasteiger partial charge in [0.05, 0.1) is 13.0 Å². The van der Waals surface area contributed by atoms with Gasteiger partial charge in [0.1, 0.15) is 6.10 Å². The molecule has 0 aliphatic heterocycles. The number of fused-ring (bicyclic) bond motifs is 1. The summed E-state index contributed by atoms with van der Waals surface area (Å²) in [5, 5.41) is 0. The lowest BCUT2D eigenvalue weighted by Crippen LogP contribution is -2.53. The summed E-state index contributed by atoms with van der Waals surface area (Å²) in [5.74, 6) is -1.45. The zero-order chi connectivity index (χ0) is 25.3. The summed E-state index contributed by atoms with van der Waals surface area (Å²) in [7, 11) is 2.26. The van der Waals surface area contributed by atoms with Crippen LogP contribution in [0.1, 0.15) is 52.0 Å². The minimum absolute atomic E-state index is 0.0765. The second kappa shape index (κ2) is 10.3. The van der Waals surface area contributed by atoms with Gasteiger partial charge < -0.3 is 14.2 Å². The van der Waals surface area contributed by atoms with Crippen LogP contribution in [-0.4, -0.2) is 38.4 Å². The first-order valence-corrected chi connectivity index (χ1v) is 11.9. The Kier molecular flexibility index (Phi) is 8.00. The molecule has 0 unspecified atom stereocenters. The maximum atomic E-state index is 14.3. The molecule has 0 heterocycles. The molecule has 3 rings (SSSR count). The largest absolute Gasteiger partial charge is 0.469 e. The topological polar surface area (TPSA) is 61.8 Å². The second-order valence-corrected chi connectivity index (χ2v) is 10.0. The van der Waals surface area contributed by atoms with Crippen LogP contribution in [0.5, 0.6) is 0 Å². The van der Waals surface area contributed by atoms with Crippen LogP contribution < -0.4 is 0 Å². The number of hydrogen-bond donors (Lipinski definition) is 0. The fourth-order valence-corrected chi connectivity index (χ4v) is 6.23. The molecule has 0 spiro atoms.